The lowest BCUT2D eigenvalue weighted by atomic mass is 10.2. The van der Waals surface area contributed by atoms with Gasteiger partial charge in [0.15, 0.2) is 0 Å². The number of rotatable bonds is 8. The minimum atomic E-state index is -3.82. The van der Waals surface area contributed by atoms with Gasteiger partial charge in [-0.25, -0.2) is 16.8 Å². The average Bonchev–Trinajstić information content (AvgIpc) is 2.81. The van der Waals surface area contributed by atoms with E-state index < -0.39 is 32.5 Å². The van der Waals surface area contributed by atoms with Crippen molar-refractivity contribution in [3.8, 4) is 11.5 Å². The van der Waals surface area contributed by atoms with Crippen LogP contribution in [0.2, 0.25) is 0 Å². The van der Waals surface area contributed by atoms with Gasteiger partial charge in [-0.15, -0.1) is 0 Å². The molecule has 2 aromatic rings. The van der Waals surface area contributed by atoms with Gasteiger partial charge in [0.25, 0.3) is 0 Å². The number of sulfonamides is 2. The molecule has 0 unspecified atom stereocenters. The summed E-state index contributed by atoms with van der Waals surface area (Å²) in [7, 11) is -4.62. The first-order chi connectivity index (χ1) is 16.0. The fourth-order valence-corrected chi connectivity index (χ4v) is 5.91. The number of nitrogens with zero attached hydrogens (tertiary/aromatic N) is 3. The summed E-state index contributed by atoms with van der Waals surface area (Å²) in [4.78, 5) is 14.7. The molecule has 1 fully saturated rings. The van der Waals surface area contributed by atoms with E-state index in [1.807, 2.05) is 6.92 Å². The number of carbonyl (C=O) groups excluding carboxylic acids is 1. The number of ether oxygens (including phenoxy) is 2. The number of piperazine rings is 1. The van der Waals surface area contributed by atoms with Crippen molar-refractivity contribution in [3.05, 3.63) is 48.0 Å². The zero-order valence-corrected chi connectivity index (χ0v) is 21.2. The van der Waals surface area contributed by atoms with E-state index in [9.17, 15) is 21.6 Å². The van der Waals surface area contributed by atoms with Gasteiger partial charge in [0.2, 0.25) is 26.0 Å². The maximum Gasteiger partial charge on any atom is 0.243 e. The van der Waals surface area contributed by atoms with Gasteiger partial charge in [0.05, 0.1) is 31.1 Å². The lowest BCUT2D eigenvalue weighted by Gasteiger charge is -2.35. The van der Waals surface area contributed by atoms with Crippen LogP contribution in [0, 0.1) is 6.92 Å². The fraction of sp³-hybridized carbons (Fsp3) is 0.409. The quantitative estimate of drug-likeness (QED) is 0.525. The summed E-state index contributed by atoms with van der Waals surface area (Å²) in [5.41, 5.74) is 1.16. The lowest BCUT2D eigenvalue weighted by molar-refractivity contribution is -0.130. The monoisotopic (exact) mass is 511 g/mol. The average molecular weight is 512 g/mol. The van der Waals surface area contributed by atoms with Gasteiger partial charge < -0.3 is 14.4 Å². The van der Waals surface area contributed by atoms with Crippen LogP contribution >= 0.6 is 0 Å². The molecule has 1 aliphatic heterocycles. The number of aryl methyl sites for hydroxylation is 1. The third kappa shape index (κ3) is 5.62. The molecule has 1 saturated heterocycles. The summed E-state index contributed by atoms with van der Waals surface area (Å²) in [6, 6.07) is 11.2. The van der Waals surface area contributed by atoms with Crippen molar-refractivity contribution in [1.29, 1.82) is 0 Å². The molecule has 0 saturated carbocycles. The Balaban J connectivity index is 1.73. The third-order valence-electron chi connectivity index (χ3n) is 5.58. The summed E-state index contributed by atoms with van der Waals surface area (Å²) < 4.78 is 63.6. The highest BCUT2D eigenvalue weighted by atomic mass is 32.2. The second-order valence-corrected chi connectivity index (χ2v) is 11.8. The van der Waals surface area contributed by atoms with Crippen molar-refractivity contribution in [2.24, 2.45) is 0 Å². The van der Waals surface area contributed by atoms with E-state index in [0.717, 1.165) is 16.1 Å². The molecule has 0 bridgehead atoms. The van der Waals surface area contributed by atoms with Crippen LogP contribution in [0.15, 0.2) is 47.4 Å². The molecule has 12 heteroatoms. The smallest absolute Gasteiger partial charge is 0.243 e. The highest BCUT2D eigenvalue weighted by Gasteiger charge is 2.32. The minimum absolute atomic E-state index is 0.118. The molecule has 186 valence electrons. The van der Waals surface area contributed by atoms with Crippen LogP contribution in [-0.4, -0.2) is 85.1 Å². The van der Waals surface area contributed by atoms with Gasteiger partial charge in [-0.1, -0.05) is 17.7 Å². The van der Waals surface area contributed by atoms with Crippen LogP contribution in [0.1, 0.15) is 5.56 Å². The molecule has 3 rings (SSSR count). The van der Waals surface area contributed by atoms with Crippen LogP contribution in [0.5, 0.6) is 11.5 Å². The van der Waals surface area contributed by atoms with E-state index in [0.29, 0.717) is 5.75 Å². The number of anilines is 1. The maximum absolute atomic E-state index is 13.0. The van der Waals surface area contributed by atoms with Gasteiger partial charge in [0.1, 0.15) is 18.0 Å². The predicted molar refractivity (Wildman–Crippen MR) is 128 cm³/mol. The molecule has 10 nitrogen and oxygen atoms in total. The Morgan fingerprint density at radius 2 is 1.56 bits per heavy atom. The Kier molecular flexibility index (Phi) is 7.74. The topological polar surface area (TPSA) is 114 Å². The van der Waals surface area contributed by atoms with E-state index in [4.69, 9.17) is 9.47 Å². The first-order valence-corrected chi connectivity index (χ1v) is 13.8. The first-order valence-electron chi connectivity index (χ1n) is 10.5. The van der Waals surface area contributed by atoms with E-state index >= 15 is 0 Å². The van der Waals surface area contributed by atoms with Crippen molar-refractivity contribution in [3.63, 3.8) is 0 Å². The van der Waals surface area contributed by atoms with E-state index in [1.165, 1.54) is 35.6 Å². The van der Waals surface area contributed by atoms with Crippen LogP contribution < -0.4 is 13.8 Å². The van der Waals surface area contributed by atoms with E-state index in [-0.39, 0.29) is 42.5 Å². The maximum atomic E-state index is 13.0. The van der Waals surface area contributed by atoms with Crippen molar-refractivity contribution < 1.29 is 31.1 Å². The summed E-state index contributed by atoms with van der Waals surface area (Å²) >= 11 is 0. The van der Waals surface area contributed by atoms with Crippen LogP contribution in [0.3, 0.4) is 0 Å². The van der Waals surface area contributed by atoms with E-state index in [2.05, 4.69) is 0 Å². The first kappa shape index (κ1) is 25.8. The molecule has 1 amide bonds. The number of carbonyl (C=O) groups is 1. The van der Waals surface area contributed by atoms with Crippen LogP contribution in [0.4, 0.5) is 5.69 Å². The molecule has 2 aromatic carbocycles. The van der Waals surface area contributed by atoms with Crippen molar-refractivity contribution in [1.82, 2.24) is 9.21 Å². The summed E-state index contributed by atoms with van der Waals surface area (Å²) in [6.07, 6.45) is 1.01. The minimum Gasteiger partial charge on any atom is -0.497 e. The standard InChI is InChI=1S/C22H29N3O7S2/c1-17-5-8-19(9-6-17)34(29,30)24-13-11-23(12-14-24)22(26)16-25(33(4,27)28)20-10-7-18(31-2)15-21(20)32-3/h5-10,15H,11-14,16H2,1-4H3. The van der Waals surface area contributed by atoms with Gasteiger partial charge in [-0.3, -0.25) is 9.10 Å². The molecular formula is C22H29N3O7S2. The van der Waals surface area contributed by atoms with Crippen molar-refractivity contribution in [2.45, 2.75) is 11.8 Å². The molecule has 0 radical (unpaired) electrons. The van der Waals surface area contributed by atoms with E-state index in [1.54, 1.807) is 30.3 Å². The third-order valence-corrected chi connectivity index (χ3v) is 8.62. The molecule has 1 aliphatic rings. The Morgan fingerprint density at radius 1 is 0.941 bits per heavy atom. The molecule has 0 N–H and O–H groups in total. The highest BCUT2D eigenvalue weighted by molar-refractivity contribution is 7.92. The number of methoxy groups -OCH3 is 2. The molecular weight excluding hydrogens is 482 g/mol. The van der Waals surface area contributed by atoms with Crippen molar-refractivity contribution >= 4 is 31.6 Å². The Hall–Kier alpha value is -2.83. The predicted octanol–water partition coefficient (Wildman–Crippen LogP) is 1.31. The van der Waals surface area contributed by atoms with Crippen LogP contribution in [0.25, 0.3) is 0 Å². The SMILES string of the molecule is COc1ccc(N(CC(=O)N2CCN(S(=O)(=O)c3ccc(C)cc3)CC2)S(C)(=O)=O)c(OC)c1. The fourth-order valence-electron chi connectivity index (χ4n) is 3.63. The molecule has 0 aliphatic carbocycles. The Bertz CT molecular complexity index is 1240. The van der Waals surface area contributed by atoms with Gasteiger partial charge >= 0.3 is 0 Å². The number of amides is 1. The normalized spacial score (nSPS) is 15.1. The second kappa shape index (κ2) is 10.2. The van der Waals surface area contributed by atoms with Crippen LogP contribution in [-0.2, 0) is 24.8 Å². The van der Waals surface area contributed by atoms with Gasteiger partial charge in [-0.05, 0) is 31.2 Å². The van der Waals surface area contributed by atoms with Gasteiger partial charge in [-0.2, -0.15) is 4.31 Å². The number of hydrogen-bond donors (Lipinski definition) is 0. The number of hydrogen-bond acceptors (Lipinski definition) is 7. The zero-order chi connectivity index (χ0) is 25.1. The Labute approximate surface area is 200 Å². The molecule has 34 heavy (non-hydrogen) atoms. The summed E-state index contributed by atoms with van der Waals surface area (Å²) in [5.74, 6) is 0.286. The molecule has 0 atom stereocenters. The zero-order valence-electron chi connectivity index (χ0n) is 19.6. The summed E-state index contributed by atoms with van der Waals surface area (Å²) in [5, 5.41) is 0. The Morgan fingerprint density at radius 3 is 2.09 bits per heavy atom. The lowest BCUT2D eigenvalue weighted by Crippen LogP contribution is -2.53. The second-order valence-electron chi connectivity index (χ2n) is 7.91. The molecule has 0 spiro atoms. The van der Waals surface area contributed by atoms with Gasteiger partial charge in [0, 0.05) is 32.2 Å². The molecule has 1 heterocycles. The molecule has 0 aromatic heterocycles. The number of benzene rings is 2. The highest BCUT2D eigenvalue weighted by Crippen LogP contribution is 2.33. The summed E-state index contributed by atoms with van der Waals surface area (Å²) in [6.45, 7) is 1.98. The largest absolute Gasteiger partial charge is 0.497 e. The van der Waals surface area contributed by atoms with Crippen molar-refractivity contribution in [2.75, 3.05) is 57.5 Å².